The number of nitrogen functional groups attached to an aromatic ring is 1. The Balaban J connectivity index is 0.00000225. The van der Waals surface area contributed by atoms with Crippen molar-refractivity contribution >= 4 is 23.4 Å². The third-order valence-corrected chi connectivity index (χ3v) is 5.01. The summed E-state index contributed by atoms with van der Waals surface area (Å²) in [5.74, 6) is 1.35. The Hall–Kier alpha value is -2.66. The average molecular weight is 383 g/mol. The molecule has 5 heteroatoms. The normalized spacial score (nSPS) is 17.4. The molecular formula is C23H34N4O. The van der Waals surface area contributed by atoms with E-state index >= 15 is 0 Å². The van der Waals surface area contributed by atoms with Crippen LogP contribution in [0.3, 0.4) is 0 Å². The van der Waals surface area contributed by atoms with Crippen LogP contribution >= 0.6 is 0 Å². The van der Waals surface area contributed by atoms with E-state index in [1.807, 2.05) is 43.3 Å². The molecule has 0 aliphatic carbocycles. The molecule has 0 amide bonds. The number of benzene rings is 1. The molecule has 1 aliphatic heterocycles. The summed E-state index contributed by atoms with van der Waals surface area (Å²) < 4.78 is 0. The maximum absolute atomic E-state index is 13.2. The predicted octanol–water partition coefficient (Wildman–Crippen LogP) is 4.24. The second-order valence-electron chi connectivity index (χ2n) is 7.75. The van der Waals surface area contributed by atoms with Crippen LogP contribution in [-0.2, 0) is 0 Å². The molecule has 28 heavy (non-hydrogen) atoms. The standard InChI is InChI=1S/C23H30N4O.2H2/c1-4-7-17-10-11-21(27-13-12-25-18(15-27)14-16(2)3)26-22(17)23(28)19-8-5-6-9-20(19)24;;/h4-11,16,18,25H,12-15,24H2,1-3H3;2*1H/b7-4-;;/t18-;;/m0../s1. The Morgan fingerprint density at radius 2 is 2.14 bits per heavy atom. The number of anilines is 2. The molecule has 0 spiro atoms. The van der Waals surface area contributed by atoms with E-state index in [0.717, 1.165) is 37.4 Å². The van der Waals surface area contributed by atoms with Crippen molar-refractivity contribution in [3.8, 4) is 0 Å². The molecule has 1 aromatic heterocycles. The number of hydrogen-bond donors (Lipinski definition) is 2. The molecule has 0 radical (unpaired) electrons. The second kappa shape index (κ2) is 9.02. The molecule has 1 fully saturated rings. The third-order valence-electron chi connectivity index (χ3n) is 5.01. The summed E-state index contributed by atoms with van der Waals surface area (Å²) in [6.45, 7) is 9.12. The van der Waals surface area contributed by atoms with Crippen molar-refractivity contribution in [2.24, 2.45) is 5.92 Å². The van der Waals surface area contributed by atoms with E-state index in [-0.39, 0.29) is 8.64 Å². The number of nitrogens with two attached hydrogens (primary N) is 1. The van der Waals surface area contributed by atoms with Gasteiger partial charge in [0.1, 0.15) is 11.5 Å². The minimum atomic E-state index is -0.137. The van der Waals surface area contributed by atoms with Crippen LogP contribution in [0.5, 0.6) is 0 Å². The summed E-state index contributed by atoms with van der Waals surface area (Å²) in [7, 11) is 0. The fourth-order valence-electron chi connectivity index (χ4n) is 3.72. The van der Waals surface area contributed by atoms with Gasteiger partial charge in [-0.3, -0.25) is 4.79 Å². The molecule has 0 unspecified atom stereocenters. The van der Waals surface area contributed by atoms with Crippen LogP contribution in [0.15, 0.2) is 42.5 Å². The largest absolute Gasteiger partial charge is 0.398 e. The molecular weight excluding hydrogens is 348 g/mol. The van der Waals surface area contributed by atoms with Gasteiger partial charge in [0.05, 0.1) is 0 Å². The molecule has 1 saturated heterocycles. The van der Waals surface area contributed by atoms with Crippen LogP contribution in [0, 0.1) is 5.92 Å². The molecule has 2 heterocycles. The predicted molar refractivity (Wildman–Crippen MR) is 121 cm³/mol. The van der Waals surface area contributed by atoms with E-state index in [4.69, 9.17) is 10.7 Å². The maximum Gasteiger partial charge on any atom is 0.214 e. The number of carbonyl (C=O) groups excluding carboxylic acids is 1. The lowest BCUT2D eigenvalue weighted by atomic mass is 10.0. The van der Waals surface area contributed by atoms with Gasteiger partial charge in [-0.05, 0) is 43.5 Å². The van der Waals surface area contributed by atoms with Crippen molar-refractivity contribution in [2.75, 3.05) is 30.3 Å². The number of pyridine rings is 1. The summed E-state index contributed by atoms with van der Waals surface area (Å²) in [6.07, 6.45) is 4.97. The number of nitrogens with zero attached hydrogens (tertiary/aromatic N) is 2. The first-order chi connectivity index (χ1) is 13.5. The van der Waals surface area contributed by atoms with E-state index in [9.17, 15) is 4.79 Å². The van der Waals surface area contributed by atoms with Crippen LogP contribution in [-0.4, -0.2) is 36.4 Å². The van der Waals surface area contributed by atoms with Crippen molar-refractivity contribution in [2.45, 2.75) is 33.2 Å². The monoisotopic (exact) mass is 382 g/mol. The first-order valence-corrected chi connectivity index (χ1v) is 10.0. The van der Waals surface area contributed by atoms with Crippen LogP contribution in [0.1, 0.15) is 51.7 Å². The van der Waals surface area contributed by atoms with Gasteiger partial charge in [0.25, 0.3) is 0 Å². The number of para-hydroxylation sites is 1. The van der Waals surface area contributed by atoms with Crippen molar-refractivity contribution in [3.05, 3.63) is 59.3 Å². The van der Waals surface area contributed by atoms with Crippen molar-refractivity contribution in [3.63, 3.8) is 0 Å². The van der Waals surface area contributed by atoms with Crippen LogP contribution in [0.2, 0.25) is 0 Å². The van der Waals surface area contributed by atoms with E-state index in [1.54, 1.807) is 12.1 Å². The smallest absolute Gasteiger partial charge is 0.214 e. The lowest BCUT2D eigenvalue weighted by Gasteiger charge is -2.35. The van der Waals surface area contributed by atoms with Gasteiger partial charge in [0.2, 0.25) is 5.78 Å². The lowest BCUT2D eigenvalue weighted by molar-refractivity contribution is 0.103. The van der Waals surface area contributed by atoms with Gasteiger partial charge >= 0.3 is 0 Å². The first kappa shape index (κ1) is 20.1. The molecule has 3 N–H and O–H groups in total. The molecule has 0 bridgehead atoms. The molecule has 2 aromatic rings. The minimum absolute atomic E-state index is 0. The van der Waals surface area contributed by atoms with E-state index < -0.39 is 0 Å². The Labute approximate surface area is 170 Å². The summed E-state index contributed by atoms with van der Waals surface area (Å²) in [5, 5.41) is 3.59. The molecule has 1 aromatic carbocycles. The Kier molecular flexibility index (Phi) is 6.47. The number of hydrogen-bond acceptors (Lipinski definition) is 5. The Morgan fingerprint density at radius 1 is 1.36 bits per heavy atom. The fourth-order valence-corrected chi connectivity index (χ4v) is 3.72. The van der Waals surface area contributed by atoms with Gasteiger partial charge in [-0.15, -0.1) is 0 Å². The third kappa shape index (κ3) is 4.60. The van der Waals surface area contributed by atoms with Crippen molar-refractivity contribution in [1.29, 1.82) is 0 Å². The average Bonchev–Trinajstić information content (AvgIpc) is 2.68. The van der Waals surface area contributed by atoms with Gasteiger partial charge < -0.3 is 16.0 Å². The molecule has 152 valence electrons. The Morgan fingerprint density at radius 3 is 2.86 bits per heavy atom. The van der Waals surface area contributed by atoms with Gasteiger partial charge in [-0.25, -0.2) is 4.98 Å². The van der Waals surface area contributed by atoms with Crippen LogP contribution in [0.4, 0.5) is 11.5 Å². The highest BCUT2D eigenvalue weighted by Gasteiger charge is 2.23. The first-order valence-electron chi connectivity index (χ1n) is 10.0. The topological polar surface area (TPSA) is 71.2 Å². The fraction of sp³-hybridized carbons (Fsp3) is 0.391. The number of nitrogens with one attached hydrogen (secondary N) is 1. The maximum atomic E-state index is 13.2. The molecule has 5 nitrogen and oxygen atoms in total. The Bertz CT molecular complexity index is 870. The van der Waals surface area contributed by atoms with Gasteiger partial charge in [0.15, 0.2) is 0 Å². The molecule has 1 aliphatic rings. The molecule has 0 saturated carbocycles. The number of piperazine rings is 1. The van der Waals surface area contributed by atoms with E-state index in [0.29, 0.717) is 28.9 Å². The highest BCUT2D eigenvalue weighted by Crippen LogP contribution is 2.23. The minimum Gasteiger partial charge on any atom is -0.398 e. The summed E-state index contributed by atoms with van der Waals surface area (Å²) in [5.41, 5.74) is 8.28. The number of allylic oxidation sites excluding steroid dienone is 1. The number of ketones is 1. The quantitative estimate of drug-likeness (QED) is 0.577. The van der Waals surface area contributed by atoms with E-state index in [1.165, 1.54) is 0 Å². The second-order valence-corrected chi connectivity index (χ2v) is 7.75. The molecule has 3 rings (SSSR count). The summed E-state index contributed by atoms with van der Waals surface area (Å²) in [4.78, 5) is 20.3. The zero-order valence-electron chi connectivity index (χ0n) is 17.0. The highest BCUT2D eigenvalue weighted by molar-refractivity contribution is 6.12. The van der Waals surface area contributed by atoms with E-state index in [2.05, 4.69) is 24.1 Å². The zero-order valence-corrected chi connectivity index (χ0v) is 17.0. The van der Waals surface area contributed by atoms with Crippen molar-refractivity contribution < 1.29 is 7.65 Å². The number of aromatic nitrogens is 1. The number of carbonyl (C=O) groups is 1. The van der Waals surface area contributed by atoms with Gasteiger partial charge in [-0.1, -0.05) is 38.1 Å². The van der Waals surface area contributed by atoms with Gasteiger partial charge in [0, 0.05) is 45.3 Å². The lowest BCUT2D eigenvalue weighted by Crippen LogP contribution is -2.51. The molecule has 1 atom stereocenters. The summed E-state index contributed by atoms with van der Waals surface area (Å²) >= 11 is 0. The van der Waals surface area contributed by atoms with Crippen LogP contribution < -0.4 is 16.0 Å². The SMILES string of the molecule is C/C=C\c1ccc(N2CCN[C@@H](CC(C)C)C2)nc1C(=O)c1ccccc1N.[HH].[HH]. The van der Waals surface area contributed by atoms with Gasteiger partial charge in [-0.2, -0.15) is 0 Å². The van der Waals surface area contributed by atoms with Crippen molar-refractivity contribution in [1.82, 2.24) is 10.3 Å². The van der Waals surface area contributed by atoms with Crippen LogP contribution in [0.25, 0.3) is 6.08 Å². The highest BCUT2D eigenvalue weighted by atomic mass is 16.1. The number of rotatable bonds is 6. The zero-order chi connectivity index (χ0) is 20.1. The summed E-state index contributed by atoms with van der Waals surface area (Å²) in [6, 6.07) is 11.6.